The Balaban J connectivity index is 2.55. The molecule has 0 spiro atoms. The predicted molar refractivity (Wildman–Crippen MR) is 37.3 cm³/mol. The molecule has 0 saturated carbocycles. The van der Waals surface area contributed by atoms with Crippen molar-refractivity contribution >= 4 is 5.91 Å². The van der Waals surface area contributed by atoms with Gasteiger partial charge in [-0.05, 0) is 6.92 Å². The molecule has 3 atom stereocenters. The van der Waals surface area contributed by atoms with Crippen LogP contribution < -0.4 is 5.32 Å². The number of aliphatic hydroxyl groups excluding tert-OH is 1. The van der Waals surface area contributed by atoms with Crippen LogP contribution in [0.4, 0.5) is 0 Å². The van der Waals surface area contributed by atoms with Crippen LogP contribution >= 0.6 is 0 Å². The predicted octanol–water partition coefficient (Wildman–Crippen LogP) is -0.332. The van der Waals surface area contributed by atoms with E-state index in [4.69, 9.17) is 5.11 Å². The summed E-state index contributed by atoms with van der Waals surface area (Å²) in [5, 5.41) is 11.6. The molecule has 0 aromatic heterocycles. The van der Waals surface area contributed by atoms with Crippen LogP contribution in [-0.2, 0) is 4.79 Å². The number of nitrogens with one attached hydrogen (secondary N) is 1. The van der Waals surface area contributed by atoms with E-state index in [-0.39, 0.29) is 17.9 Å². The average Bonchev–Trinajstić information content (AvgIpc) is 1.80. The topological polar surface area (TPSA) is 49.3 Å². The second-order valence-corrected chi connectivity index (χ2v) is 2.54. The molecule has 0 radical (unpaired) electrons. The normalized spacial score (nSPS) is 34.0. The van der Waals surface area contributed by atoms with Crippen LogP contribution in [0.15, 0.2) is 12.7 Å². The zero-order chi connectivity index (χ0) is 7.72. The van der Waals surface area contributed by atoms with Gasteiger partial charge in [0.1, 0.15) is 0 Å². The average molecular weight is 141 g/mol. The van der Waals surface area contributed by atoms with E-state index >= 15 is 0 Å². The number of carbonyl (C=O) groups excluding carboxylic acids is 1. The third kappa shape index (κ3) is 0.926. The summed E-state index contributed by atoms with van der Waals surface area (Å²) < 4.78 is 0. The molecule has 1 aliphatic heterocycles. The van der Waals surface area contributed by atoms with Gasteiger partial charge in [0.05, 0.1) is 18.1 Å². The van der Waals surface area contributed by atoms with Crippen LogP contribution in [0.25, 0.3) is 0 Å². The molecule has 3 nitrogen and oxygen atoms in total. The second-order valence-electron chi connectivity index (χ2n) is 2.54. The minimum Gasteiger partial charge on any atom is -0.392 e. The zero-order valence-electron chi connectivity index (χ0n) is 5.87. The molecule has 0 aliphatic carbocycles. The first-order valence-electron chi connectivity index (χ1n) is 3.28. The molecule has 0 aromatic carbocycles. The van der Waals surface area contributed by atoms with E-state index in [0.717, 1.165) is 0 Å². The Morgan fingerprint density at radius 2 is 2.50 bits per heavy atom. The Hall–Kier alpha value is -0.830. The number of hydrogen-bond donors (Lipinski definition) is 2. The fourth-order valence-electron chi connectivity index (χ4n) is 1.14. The maximum absolute atomic E-state index is 10.7. The third-order valence-corrected chi connectivity index (χ3v) is 1.77. The number of carbonyl (C=O) groups is 1. The van der Waals surface area contributed by atoms with Crippen LogP contribution in [-0.4, -0.2) is 23.2 Å². The molecular weight excluding hydrogens is 130 g/mol. The summed E-state index contributed by atoms with van der Waals surface area (Å²) in [5.74, 6) is -0.364. The number of rotatable bonds is 2. The number of amides is 1. The highest BCUT2D eigenvalue weighted by molar-refractivity contribution is 5.87. The Kier molecular flexibility index (Phi) is 1.76. The lowest BCUT2D eigenvalue weighted by molar-refractivity contribution is -0.138. The highest BCUT2D eigenvalue weighted by atomic mass is 16.3. The van der Waals surface area contributed by atoms with Gasteiger partial charge in [0.25, 0.3) is 0 Å². The molecule has 0 unspecified atom stereocenters. The van der Waals surface area contributed by atoms with Crippen molar-refractivity contribution in [2.24, 2.45) is 5.92 Å². The highest BCUT2D eigenvalue weighted by Gasteiger charge is 2.40. The third-order valence-electron chi connectivity index (χ3n) is 1.77. The van der Waals surface area contributed by atoms with Crippen LogP contribution in [0.1, 0.15) is 6.92 Å². The summed E-state index contributed by atoms with van der Waals surface area (Å²) in [6.45, 7) is 5.13. The SMILES string of the molecule is C=C[C@@H]1NC(=O)[C@H]1[C@@H](C)O. The quantitative estimate of drug-likeness (QED) is 0.408. The fraction of sp³-hybridized carbons (Fsp3) is 0.571. The summed E-state index contributed by atoms with van der Waals surface area (Å²) in [6.07, 6.45) is 1.07. The van der Waals surface area contributed by atoms with Crippen molar-refractivity contribution in [2.75, 3.05) is 0 Å². The lowest BCUT2D eigenvalue weighted by Gasteiger charge is -2.36. The molecular formula is C7H11NO2. The molecule has 0 aromatic rings. The molecule has 1 heterocycles. The van der Waals surface area contributed by atoms with Gasteiger partial charge in [0.2, 0.25) is 5.91 Å². The van der Waals surface area contributed by atoms with Gasteiger partial charge in [-0.15, -0.1) is 6.58 Å². The number of aliphatic hydroxyl groups is 1. The molecule has 1 rings (SSSR count). The Morgan fingerprint density at radius 3 is 2.70 bits per heavy atom. The first kappa shape index (κ1) is 7.28. The Morgan fingerprint density at radius 1 is 1.90 bits per heavy atom. The van der Waals surface area contributed by atoms with Crippen LogP contribution in [0.5, 0.6) is 0 Å². The van der Waals surface area contributed by atoms with Crippen molar-refractivity contribution in [1.29, 1.82) is 0 Å². The first-order valence-corrected chi connectivity index (χ1v) is 3.28. The van der Waals surface area contributed by atoms with Crippen molar-refractivity contribution in [2.45, 2.75) is 19.1 Å². The van der Waals surface area contributed by atoms with Gasteiger partial charge in [-0.2, -0.15) is 0 Å². The summed E-state index contributed by atoms with van der Waals surface area (Å²) in [4.78, 5) is 10.7. The lowest BCUT2D eigenvalue weighted by Crippen LogP contribution is -2.60. The molecule has 1 aliphatic rings. The van der Waals surface area contributed by atoms with Gasteiger partial charge >= 0.3 is 0 Å². The maximum atomic E-state index is 10.7. The molecule has 3 heteroatoms. The van der Waals surface area contributed by atoms with Crippen molar-refractivity contribution in [3.8, 4) is 0 Å². The monoisotopic (exact) mass is 141 g/mol. The van der Waals surface area contributed by atoms with E-state index in [9.17, 15) is 4.79 Å². The van der Waals surface area contributed by atoms with Crippen molar-refractivity contribution < 1.29 is 9.90 Å². The standard InChI is InChI=1S/C7H11NO2/c1-3-5-6(4(2)9)7(10)8-5/h3-6,9H,1H2,2H3,(H,8,10)/t4-,5+,6+/m1/s1. The second kappa shape index (κ2) is 2.42. The summed E-state index contributed by atoms with van der Waals surface area (Å²) in [5.41, 5.74) is 0. The van der Waals surface area contributed by atoms with E-state index in [2.05, 4.69) is 11.9 Å². The van der Waals surface area contributed by atoms with Crippen molar-refractivity contribution in [3.05, 3.63) is 12.7 Å². The molecule has 1 saturated heterocycles. The molecule has 56 valence electrons. The Bertz CT molecular complexity index is 165. The van der Waals surface area contributed by atoms with Crippen molar-refractivity contribution in [1.82, 2.24) is 5.32 Å². The van der Waals surface area contributed by atoms with Gasteiger partial charge < -0.3 is 10.4 Å². The maximum Gasteiger partial charge on any atom is 0.228 e. The van der Waals surface area contributed by atoms with Gasteiger partial charge in [-0.1, -0.05) is 6.08 Å². The highest BCUT2D eigenvalue weighted by Crippen LogP contribution is 2.19. The van der Waals surface area contributed by atoms with Crippen LogP contribution in [0.3, 0.4) is 0 Å². The van der Waals surface area contributed by atoms with Crippen molar-refractivity contribution in [3.63, 3.8) is 0 Å². The van der Waals surface area contributed by atoms with E-state index in [1.807, 2.05) is 0 Å². The van der Waals surface area contributed by atoms with Gasteiger partial charge in [0.15, 0.2) is 0 Å². The van der Waals surface area contributed by atoms with Crippen LogP contribution in [0, 0.1) is 5.92 Å². The minimum absolute atomic E-state index is 0.0347. The summed E-state index contributed by atoms with van der Waals surface area (Å²) in [7, 11) is 0. The number of β-lactam (4-membered cyclic amide) rings is 1. The van der Waals surface area contributed by atoms with E-state index in [0.29, 0.717) is 0 Å². The van der Waals surface area contributed by atoms with E-state index < -0.39 is 6.10 Å². The van der Waals surface area contributed by atoms with Gasteiger partial charge in [-0.3, -0.25) is 4.79 Å². The fourth-order valence-corrected chi connectivity index (χ4v) is 1.14. The van der Waals surface area contributed by atoms with Gasteiger partial charge in [0, 0.05) is 0 Å². The summed E-state index contributed by atoms with van der Waals surface area (Å²) in [6, 6.07) is -0.0347. The molecule has 1 amide bonds. The lowest BCUT2D eigenvalue weighted by atomic mass is 9.86. The molecule has 2 N–H and O–H groups in total. The van der Waals surface area contributed by atoms with E-state index in [1.54, 1.807) is 13.0 Å². The van der Waals surface area contributed by atoms with E-state index in [1.165, 1.54) is 0 Å². The summed E-state index contributed by atoms with van der Waals surface area (Å²) >= 11 is 0. The van der Waals surface area contributed by atoms with Crippen LogP contribution in [0.2, 0.25) is 0 Å². The smallest absolute Gasteiger partial charge is 0.228 e. The van der Waals surface area contributed by atoms with Gasteiger partial charge in [-0.25, -0.2) is 0 Å². The number of hydrogen-bond acceptors (Lipinski definition) is 2. The Labute approximate surface area is 59.7 Å². The minimum atomic E-state index is -0.572. The molecule has 10 heavy (non-hydrogen) atoms. The largest absolute Gasteiger partial charge is 0.392 e. The first-order chi connectivity index (χ1) is 4.66. The zero-order valence-corrected chi connectivity index (χ0v) is 5.87. The molecule has 1 fully saturated rings. The molecule has 0 bridgehead atoms.